The van der Waals surface area contributed by atoms with Crippen molar-refractivity contribution in [2.75, 3.05) is 0 Å². The van der Waals surface area contributed by atoms with Crippen LogP contribution in [0, 0.1) is 13.8 Å². The predicted octanol–water partition coefficient (Wildman–Crippen LogP) is 27.2. The fourth-order valence-electron chi connectivity index (χ4n) is 14.0. The molecular formula is C82H94N2OS3. The first kappa shape index (κ1) is 62.0. The Kier molecular flexibility index (Phi) is 20.9. The van der Waals surface area contributed by atoms with Crippen molar-refractivity contribution < 1.29 is 4.42 Å². The van der Waals surface area contributed by atoms with E-state index in [2.05, 4.69) is 163 Å². The normalized spacial score (nSPS) is 12.1. The molecule has 0 saturated heterocycles. The van der Waals surface area contributed by atoms with Gasteiger partial charge in [-0.25, -0.2) is 9.97 Å². The first-order valence-electron chi connectivity index (χ1n) is 34.6. The minimum atomic E-state index is 0.810. The number of rotatable bonds is 32. The average molecular weight is 1220 g/mol. The average Bonchev–Trinajstić information content (AvgIpc) is 1.79. The van der Waals surface area contributed by atoms with Gasteiger partial charge in [-0.2, -0.15) is 0 Å². The topological polar surface area (TPSA) is 38.9 Å². The number of nitrogens with zero attached hydrogens (tertiary/aromatic N) is 2. The van der Waals surface area contributed by atoms with E-state index in [1.165, 1.54) is 258 Å². The Morgan fingerprint density at radius 3 is 1.44 bits per heavy atom. The number of aryl methyl sites for hydroxylation is 6. The number of hydrogen-bond donors (Lipinski definition) is 0. The summed E-state index contributed by atoms with van der Waals surface area (Å²) < 4.78 is 14.6. The van der Waals surface area contributed by atoms with E-state index in [0.29, 0.717) is 0 Å². The van der Waals surface area contributed by atoms with Gasteiger partial charge in [0, 0.05) is 67.8 Å². The summed E-state index contributed by atoms with van der Waals surface area (Å²) >= 11 is 5.80. The molecule has 0 atom stereocenters. The van der Waals surface area contributed by atoms with Crippen molar-refractivity contribution in [1.29, 1.82) is 0 Å². The van der Waals surface area contributed by atoms with E-state index in [0.717, 1.165) is 71.4 Å². The standard InChI is InChI=1S/C82H94N2OS3/c1-7-11-15-19-23-27-33-57-47-67(58(46-56(57)6)34-28-24-20-16-12-8-2)72-53-73(84-82(83-72)62-41-44-76-70(50-62)71-52-69-63-37-31-32-38-74(63)85-75(69)54-79(71)86-76)68-49-59(35-29-25-21-17-13-9-3)66(48-60(68)36-30-26-22-18-14-10-4)61-40-43-65-78(51-61)88-80-64-42-39-55(5)45-77(64)87-81(65)80/h31-32,37-54H,7-30,33-36H2,1-6H3. The monoisotopic (exact) mass is 1220 g/mol. The highest BCUT2D eigenvalue weighted by atomic mass is 32.1. The second-order valence-electron chi connectivity index (χ2n) is 26.0. The summed E-state index contributed by atoms with van der Waals surface area (Å²) in [5.74, 6) is 0.810. The molecule has 0 aliphatic heterocycles. The van der Waals surface area contributed by atoms with Gasteiger partial charge < -0.3 is 4.42 Å². The third kappa shape index (κ3) is 14.1. The van der Waals surface area contributed by atoms with Gasteiger partial charge >= 0.3 is 0 Å². The van der Waals surface area contributed by atoms with Crippen LogP contribution in [0.15, 0.2) is 126 Å². The fourth-order valence-corrected chi connectivity index (χ4v) is 17.9. The molecular weight excluding hydrogens is 1130 g/mol. The van der Waals surface area contributed by atoms with Crippen LogP contribution < -0.4 is 0 Å². The van der Waals surface area contributed by atoms with Crippen LogP contribution in [0.5, 0.6) is 0 Å². The largest absolute Gasteiger partial charge is 0.456 e. The van der Waals surface area contributed by atoms with E-state index in [4.69, 9.17) is 14.4 Å². The lowest BCUT2D eigenvalue weighted by molar-refractivity contribution is 0.605. The molecule has 0 aliphatic rings. The zero-order chi connectivity index (χ0) is 60.3. The number of unbranched alkanes of at least 4 members (excludes halogenated alkanes) is 20. The molecule has 0 bridgehead atoms. The Bertz CT molecular complexity index is 4330. The van der Waals surface area contributed by atoms with Crippen molar-refractivity contribution in [2.45, 2.75) is 221 Å². The maximum atomic E-state index is 6.44. The van der Waals surface area contributed by atoms with E-state index in [1.807, 2.05) is 34.0 Å². The Balaban J connectivity index is 1.03. The van der Waals surface area contributed by atoms with Crippen molar-refractivity contribution in [3.63, 3.8) is 0 Å². The van der Waals surface area contributed by atoms with Crippen LogP contribution in [0.25, 0.3) is 117 Å². The molecule has 0 fully saturated rings. The predicted molar refractivity (Wildman–Crippen MR) is 390 cm³/mol. The van der Waals surface area contributed by atoms with E-state index in [1.54, 1.807) is 0 Å². The second-order valence-corrected chi connectivity index (χ2v) is 29.2. The van der Waals surface area contributed by atoms with Crippen molar-refractivity contribution in [2.24, 2.45) is 0 Å². The summed E-state index contributed by atoms with van der Waals surface area (Å²) in [5.41, 5.74) is 18.9. The maximum Gasteiger partial charge on any atom is 0.160 e. The fraction of sp³-hybridized carbons (Fsp3) is 0.415. The molecule has 0 unspecified atom stereocenters. The van der Waals surface area contributed by atoms with Crippen LogP contribution >= 0.6 is 34.0 Å². The number of aromatic nitrogens is 2. The third-order valence-corrected chi connectivity index (χ3v) is 22.8. The highest BCUT2D eigenvalue weighted by molar-refractivity contribution is 7.36. The zero-order valence-electron chi connectivity index (χ0n) is 53.9. The molecule has 456 valence electrons. The van der Waals surface area contributed by atoms with Crippen LogP contribution in [0.4, 0.5) is 0 Å². The molecule has 6 heteroatoms. The van der Waals surface area contributed by atoms with Crippen LogP contribution in [-0.4, -0.2) is 9.97 Å². The zero-order valence-corrected chi connectivity index (χ0v) is 56.3. The molecule has 0 aliphatic carbocycles. The number of hydrogen-bond acceptors (Lipinski definition) is 6. The summed E-state index contributed by atoms with van der Waals surface area (Å²) in [6.45, 7) is 13.9. The van der Waals surface area contributed by atoms with Crippen molar-refractivity contribution in [3.8, 4) is 45.0 Å². The summed E-state index contributed by atoms with van der Waals surface area (Å²) in [6, 6.07) is 47.4. The lowest BCUT2D eigenvalue weighted by Crippen LogP contribution is -2.03. The molecule has 0 N–H and O–H groups in total. The van der Waals surface area contributed by atoms with E-state index < -0.39 is 0 Å². The highest BCUT2D eigenvalue weighted by Crippen LogP contribution is 2.47. The van der Waals surface area contributed by atoms with Crippen LogP contribution in [0.2, 0.25) is 0 Å². The molecule has 0 radical (unpaired) electrons. The number of thiophene rings is 3. The van der Waals surface area contributed by atoms with Gasteiger partial charge in [0.25, 0.3) is 0 Å². The molecule has 5 aromatic heterocycles. The second kappa shape index (κ2) is 29.6. The summed E-state index contributed by atoms with van der Waals surface area (Å²) in [6.07, 6.45) is 34.9. The number of para-hydroxylation sites is 1. The van der Waals surface area contributed by atoms with Gasteiger partial charge in [0.2, 0.25) is 0 Å². The summed E-state index contributed by atoms with van der Waals surface area (Å²) in [7, 11) is 0. The summed E-state index contributed by atoms with van der Waals surface area (Å²) in [4.78, 5) is 11.7. The quantitative estimate of drug-likeness (QED) is 0.0395. The van der Waals surface area contributed by atoms with E-state index in [9.17, 15) is 0 Å². The Morgan fingerprint density at radius 1 is 0.330 bits per heavy atom. The van der Waals surface area contributed by atoms with Gasteiger partial charge in [-0.05, 0) is 176 Å². The third-order valence-electron chi connectivity index (χ3n) is 19.1. The van der Waals surface area contributed by atoms with E-state index >= 15 is 0 Å². The Morgan fingerprint density at radius 2 is 0.818 bits per heavy atom. The molecule has 5 heterocycles. The molecule has 12 aromatic rings. The smallest absolute Gasteiger partial charge is 0.160 e. The van der Waals surface area contributed by atoms with Crippen LogP contribution in [0.3, 0.4) is 0 Å². The lowest BCUT2D eigenvalue weighted by atomic mass is 9.87. The number of fused-ring (bicyclic) bond motifs is 11. The van der Waals surface area contributed by atoms with Gasteiger partial charge in [0.15, 0.2) is 5.82 Å². The van der Waals surface area contributed by atoms with E-state index in [-0.39, 0.29) is 0 Å². The summed E-state index contributed by atoms with van der Waals surface area (Å²) in [5, 5.41) is 7.63. The maximum absolute atomic E-state index is 6.44. The number of furan rings is 1. The Hall–Kier alpha value is -6.18. The Labute approximate surface area is 537 Å². The van der Waals surface area contributed by atoms with Crippen molar-refractivity contribution in [3.05, 3.63) is 155 Å². The molecule has 12 rings (SSSR count). The van der Waals surface area contributed by atoms with Crippen molar-refractivity contribution >= 4 is 106 Å². The SMILES string of the molecule is CCCCCCCCc1cc(-c2cc(-c3cc(CCCCCCCC)c(-c4ccc5c(c4)sc4c6ccc(C)cc6sc54)cc3CCCCCCCC)nc(-c3ccc4sc5cc6oc7ccccc7c6cc5c4c3)n2)c(CCCCCCCC)cc1C. The van der Waals surface area contributed by atoms with Gasteiger partial charge in [0.05, 0.1) is 20.8 Å². The number of benzene rings is 7. The molecule has 88 heavy (non-hydrogen) atoms. The van der Waals surface area contributed by atoms with Gasteiger partial charge in [-0.1, -0.05) is 211 Å². The molecule has 3 nitrogen and oxygen atoms in total. The van der Waals surface area contributed by atoms with Gasteiger partial charge in [0.1, 0.15) is 11.2 Å². The van der Waals surface area contributed by atoms with Crippen molar-refractivity contribution in [1.82, 2.24) is 9.97 Å². The molecule has 7 aromatic carbocycles. The molecule has 0 saturated carbocycles. The van der Waals surface area contributed by atoms with Gasteiger partial charge in [-0.3, -0.25) is 0 Å². The molecule has 0 amide bonds. The minimum absolute atomic E-state index is 0.810. The van der Waals surface area contributed by atoms with Gasteiger partial charge in [-0.15, -0.1) is 34.0 Å². The first-order chi connectivity index (χ1) is 43.3. The van der Waals surface area contributed by atoms with Crippen LogP contribution in [0.1, 0.15) is 215 Å². The highest BCUT2D eigenvalue weighted by Gasteiger charge is 2.22. The first-order valence-corrected chi connectivity index (χ1v) is 37.1. The lowest BCUT2D eigenvalue weighted by Gasteiger charge is -2.20. The minimum Gasteiger partial charge on any atom is -0.456 e. The molecule has 0 spiro atoms. The van der Waals surface area contributed by atoms with Crippen LogP contribution in [-0.2, 0) is 25.7 Å².